The van der Waals surface area contributed by atoms with Crippen molar-refractivity contribution in [2.75, 3.05) is 6.54 Å². The van der Waals surface area contributed by atoms with Gasteiger partial charge in [0.05, 0.1) is 0 Å². The number of rotatable bonds is 6. The second-order valence-electron chi connectivity index (χ2n) is 3.39. The van der Waals surface area contributed by atoms with Gasteiger partial charge in [-0.15, -0.1) is 0 Å². The van der Waals surface area contributed by atoms with Crippen molar-refractivity contribution < 1.29 is 19.5 Å². The van der Waals surface area contributed by atoms with E-state index in [-0.39, 0.29) is 18.2 Å². The van der Waals surface area contributed by atoms with Gasteiger partial charge in [-0.2, -0.15) is 0 Å². The van der Waals surface area contributed by atoms with Gasteiger partial charge in [-0.25, -0.2) is 0 Å². The molecular formula is C10H17NO4. The van der Waals surface area contributed by atoms with Gasteiger partial charge < -0.3 is 5.11 Å². The number of carboxylic acids is 1. The molecule has 5 nitrogen and oxygen atoms in total. The maximum absolute atomic E-state index is 11.0. The van der Waals surface area contributed by atoms with Crippen molar-refractivity contribution in [1.29, 1.82) is 0 Å². The van der Waals surface area contributed by atoms with Crippen LogP contribution in [-0.4, -0.2) is 34.3 Å². The third kappa shape index (κ3) is 6.65. The molecule has 0 unspecified atom stereocenters. The first-order valence-electron chi connectivity index (χ1n) is 4.95. The molecule has 86 valence electrons. The Morgan fingerprint density at radius 1 is 1.00 bits per heavy atom. The first-order valence-corrected chi connectivity index (χ1v) is 4.95. The van der Waals surface area contributed by atoms with Crippen LogP contribution in [0.1, 0.15) is 39.5 Å². The average Bonchev–Trinajstić information content (AvgIpc) is 2.08. The Balaban J connectivity index is 3.68. The minimum atomic E-state index is -0.815. The van der Waals surface area contributed by atoms with Crippen molar-refractivity contribution in [3.05, 3.63) is 0 Å². The van der Waals surface area contributed by atoms with E-state index in [1.54, 1.807) is 0 Å². The van der Waals surface area contributed by atoms with Crippen molar-refractivity contribution in [1.82, 2.24) is 4.90 Å². The molecule has 0 atom stereocenters. The van der Waals surface area contributed by atoms with E-state index in [4.69, 9.17) is 5.11 Å². The largest absolute Gasteiger partial charge is 0.481 e. The fourth-order valence-corrected chi connectivity index (χ4v) is 1.26. The smallest absolute Gasteiger partial charge is 0.303 e. The van der Waals surface area contributed by atoms with Crippen LogP contribution in [0.25, 0.3) is 0 Å². The van der Waals surface area contributed by atoms with Crippen LogP contribution in [0.5, 0.6) is 0 Å². The number of nitrogens with zero attached hydrogens (tertiary/aromatic N) is 1. The molecule has 0 aromatic carbocycles. The summed E-state index contributed by atoms with van der Waals surface area (Å²) in [5.41, 5.74) is 0. The molecule has 0 aliphatic rings. The SMILES string of the molecule is CC(=O)N(CCCCCC(=O)O)C(C)=O. The van der Waals surface area contributed by atoms with Gasteiger partial charge in [0.25, 0.3) is 0 Å². The molecule has 0 aromatic rings. The molecule has 0 fully saturated rings. The number of carbonyl (C=O) groups excluding carboxylic acids is 2. The molecule has 0 aromatic heterocycles. The van der Waals surface area contributed by atoms with Crippen LogP contribution in [0.3, 0.4) is 0 Å². The number of carboxylic acid groups (broad SMARTS) is 1. The Morgan fingerprint density at radius 2 is 1.53 bits per heavy atom. The van der Waals surface area contributed by atoms with Gasteiger partial charge >= 0.3 is 5.97 Å². The van der Waals surface area contributed by atoms with Crippen molar-refractivity contribution in [3.63, 3.8) is 0 Å². The summed E-state index contributed by atoms with van der Waals surface area (Å²) in [5.74, 6) is -1.34. The number of hydrogen-bond acceptors (Lipinski definition) is 3. The molecule has 0 bridgehead atoms. The molecule has 1 N–H and O–H groups in total. The molecule has 0 aliphatic carbocycles. The Morgan fingerprint density at radius 3 is 1.93 bits per heavy atom. The molecule has 0 heterocycles. The summed E-state index contributed by atoms with van der Waals surface area (Å²) in [6.45, 7) is 3.07. The van der Waals surface area contributed by atoms with Crippen LogP contribution in [0.2, 0.25) is 0 Å². The summed E-state index contributed by atoms with van der Waals surface area (Å²) in [6, 6.07) is 0. The van der Waals surface area contributed by atoms with E-state index >= 15 is 0 Å². The van der Waals surface area contributed by atoms with E-state index in [0.717, 1.165) is 0 Å². The third-order valence-electron chi connectivity index (χ3n) is 2.03. The molecule has 5 heteroatoms. The predicted molar refractivity (Wildman–Crippen MR) is 54.2 cm³/mol. The van der Waals surface area contributed by atoms with Crippen molar-refractivity contribution in [3.8, 4) is 0 Å². The molecule has 15 heavy (non-hydrogen) atoms. The van der Waals surface area contributed by atoms with E-state index in [2.05, 4.69) is 0 Å². The fourth-order valence-electron chi connectivity index (χ4n) is 1.26. The standard InChI is InChI=1S/C10H17NO4/c1-8(12)11(9(2)13)7-5-3-4-6-10(14)15/h3-7H2,1-2H3,(H,14,15). The van der Waals surface area contributed by atoms with Gasteiger partial charge in [0.15, 0.2) is 0 Å². The summed E-state index contributed by atoms with van der Waals surface area (Å²) in [4.78, 5) is 33.3. The van der Waals surface area contributed by atoms with Crippen LogP contribution >= 0.6 is 0 Å². The fraction of sp³-hybridized carbons (Fsp3) is 0.700. The third-order valence-corrected chi connectivity index (χ3v) is 2.03. The minimum absolute atomic E-state index is 0.139. The van der Waals surface area contributed by atoms with E-state index in [9.17, 15) is 14.4 Å². The number of hydrogen-bond donors (Lipinski definition) is 1. The highest BCUT2D eigenvalue weighted by Gasteiger charge is 2.12. The Kier molecular flexibility index (Phi) is 6.33. The summed E-state index contributed by atoms with van der Waals surface area (Å²) in [5, 5.41) is 8.38. The zero-order valence-corrected chi connectivity index (χ0v) is 9.15. The van der Waals surface area contributed by atoms with E-state index in [0.29, 0.717) is 25.8 Å². The summed E-state index contributed by atoms with van der Waals surface area (Å²) in [6.07, 6.45) is 2.09. The highest BCUT2D eigenvalue weighted by atomic mass is 16.4. The number of amides is 2. The lowest BCUT2D eigenvalue weighted by atomic mass is 10.2. The topological polar surface area (TPSA) is 74.7 Å². The first kappa shape index (κ1) is 13.6. The normalized spacial score (nSPS) is 9.73. The van der Waals surface area contributed by atoms with Crippen molar-refractivity contribution in [2.24, 2.45) is 0 Å². The van der Waals surface area contributed by atoms with Crippen molar-refractivity contribution in [2.45, 2.75) is 39.5 Å². The minimum Gasteiger partial charge on any atom is -0.481 e. The van der Waals surface area contributed by atoms with Crippen LogP contribution < -0.4 is 0 Å². The second kappa shape index (κ2) is 6.98. The highest BCUT2D eigenvalue weighted by Crippen LogP contribution is 2.02. The van der Waals surface area contributed by atoms with E-state index in [1.807, 2.05) is 0 Å². The molecule has 0 rings (SSSR count). The molecule has 2 amide bonds. The van der Waals surface area contributed by atoms with Crippen LogP contribution in [0.15, 0.2) is 0 Å². The summed E-state index contributed by atoms with van der Waals surface area (Å²) >= 11 is 0. The second-order valence-corrected chi connectivity index (χ2v) is 3.39. The lowest BCUT2D eigenvalue weighted by Gasteiger charge is -2.16. The van der Waals surface area contributed by atoms with E-state index < -0.39 is 5.97 Å². The maximum Gasteiger partial charge on any atom is 0.303 e. The van der Waals surface area contributed by atoms with Crippen LogP contribution in [-0.2, 0) is 14.4 Å². The Hall–Kier alpha value is -1.39. The summed E-state index contributed by atoms with van der Waals surface area (Å²) < 4.78 is 0. The van der Waals surface area contributed by atoms with E-state index in [1.165, 1.54) is 18.7 Å². The zero-order valence-electron chi connectivity index (χ0n) is 9.15. The molecule has 0 spiro atoms. The van der Waals surface area contributed by atoms with Gasteiger partial charge in [-0.3, -0.25) is 19.3 Å². The first-order chi connectivity index (χ1) is 6.95. The van der Waals surface area contributed by atoms with Gasteiger partial charge in [0.1, 0.15) is 0 Å². The Bertz CT molecular complexity index is 236. The van der Waals surface area contributed by atoms with Crippen LogP contribution in [0, 0.1) is 0 Å². The number of imide groups is 1. The quantitative estimate of drug-likeness (QED) is 0.671. The van der Waals surface area contributed by atoms with Gasteiger partial charge in [0, 0.05) is 26.8 Å². The molecule has 0 radical (unpaired) electrons. The number of unbranched alkanes of at least 4 members (excludes halogenated alkanes) is 2. The highest BCUT2D eigenvalue weighted by molar-refractivity contribution is 5.92. The average molecular weight is 215 g/mol. The van der Waals surface area contributed by atoms with Gasteiger partial charge in [0.2, 0.25) is 11.8 Å². The molecule has 0 aliphatic heterocycles. The predicted octanol–water partition coefficient (Wildman–Crippen LogP) is 1.03. The lowest BCUT2D eigenvalue weighted by molar-refractivity contribution is -0.142. The lowest BCUT2D eigenvalue weighted by Crippen LogP contribution is -2.34. The molecular weight excluding hydrogens is 198 g/mol. The molecule has 0 saturated heterocycles. The van der Waals surface area contributed by atoms with Gasteiger partial charge in [-0.1, -0.05) is 6.42 Å². The maximum atomic E-state index is 11.0. The molecule has 0 saturated carbocycles. The van der Waals surface area contributed by atoms with Crippen molar-refractivity contribution >= 4 is 17.8 Å². The number of carbonyl (C=O) groups is 3. The Labute approximate surface area is 89.1 Å². The van der Waals surface area contributed by atoms with Crippen LogP contribution in [0.4, 0.5) is 0 Å². The number of aliphatic carboxylic acids is 1. The monoisotopic (exact) mass is 215 g/mol. The van der Waals surface area contributed by atoms with Gasteiger partial charge in [-0.05, 0) is 12.8 Å². The summed E-state index contributed by atoms with van der Waals surface area (Å²) in [7, 11) is 0. The zero-order chi connectivity index (χ0) is 11.8.